The van der Waals surface area contributed by atoms with Crippen molar-refractivity contribution in [1.29, 1.82) is 0 Å². The monoisotopic (exact) mass is 459 g/mol. The van der Waals surface area contributed by atoms with Gasteiger partial charge in [-0.05, 0) is 70.6 Å². The van der Waals surface area contributed by atoms with E-state index in [1.807, 2.05) is 17.0 Å². The molecule has 0 atom stereocenters. The number of likely N-dealkylation sites (tertiary alicyclic amines) is 1. The first kappa shape index (κ1) is 19.6. The number of piperidine rings is 1. The summed E-state index contributed by atoms with van der Waals surface area (Å²) in [4.78, 5) is 29.6. The second kappa shape index (κ2) is 8.32. The summed E-state index contributed by atoms with van der Waals surface area (Å²) in [6.07, 6.45) is 3.83. The fraction of sp³-hybridized carbons (Fsp3) is 0.333. The van der Waals surface area contributed by atoms with Gasteiger partial charge in [0.25, 0.3) is 5.91 Å². The Morgan fingerprint density at radius 2 is 2.07 bits per heavy atom. The van der Waals surface area contributed by atoms with Crippen LogP contribution in [-0.2, 0) is 4.79 Å². The number of halogens is 1. The molecule has 3 heterocycles. The van der Waals surface area contributed by atoms with Gasteiger partial charge in [-0.2, -0.15) is 0 Å². The minimum atomic E-state index is -0.397. The Hall–Kier alpha value is -2.74. The van der Waals surface area contributed by atoms with Crippen molar-refractivity contribution in [3.8, 4) is 5.75 Å². The summed E-state index contributed by atoms with van der Waals surface area (Å²) in [6.45, 7) is 1.30. The Bertz CT molecular complexity index is 1030. The molecule has 2 aromatic heterocycles. The van der Waals surface area contributed by atoms with Crippen LogP contribution in [0.2, 0.25) is 0 Å². The second-order valence-electron chi connectivity index (χ2n) is 7.10. The molecule has 1 aromatic carbocycles. The van der Waals surface area contributed by atoms with Crippen LogP contribution in [0.5, 0.6) is 5.75 Å². The highest BCUT2D eigenvalue weighted by Crippen LogP contribution is 2.34. The van der Waals surface area contributed by atoms with Crippen molar-refractivity contribution < 1.29 is 18.7 Å². The molecular formula is C21H22BrN3O4. The molecule has 3 aromatic rings. The molecular weight excluding hydrogens is 438 g/mol. The van der Waals surface area contributed by atoms with Crippen molar-refractivity contribution >= 4 is 38.6 Å². The highest BCUT2D eigenvalue weighted by molar-refractivity contribution is 9.10. The normalized spacial score (nSPS) is 14.9. The van der Waals surface area contributed by atoms with Gasteiger partial charge in [0.15, 0.2) is 10.4 Å². The van der Waals surface area contributed by atoms with Crippen LogP contribution in [0.4, 0.5) is 0 Å². The van der Waals surface area contributed by atoms with Gasteiger partial charge in [-0.1, -0.05) is 0 Å². The summed E-state index contributed by atoms with van der Waals surface area (Å²) in [5.74, 6) is 0.924. The van der Waals surface area contributed by atoms with Gasteiger partial charge >= 0.3 is 0 Å². The van der Waals surface area contributed by atoms with E-state index in [1.165, 1.54) is 10.9 Å². The lowest BCUT2D eigenvalue weighted by Gasteiger charge is -2.32. The SMILES string of the molecule is COc1ccc2[nH]cc(C3CCN(C(=O)CNC(=O)c4ccc(Br)o4)CC3)c2c1. The molecule has 2 amide bonds. The molecule has 1 saturated heterocycles. The summed E-state index contributed by atoms with van der Waals surface area (Å²) >= 11 is 3.16. The molecule has 152 valence electrons. The number of aromatic nitrogens is 1. The molecule has 7 nitrogen and oxygen atoms in total. The highest BCUT2D eigenvalue weighted by atomic mass is 79.9. The van der Waals surface area contributed by atoms with Crippen LogP contribution in [0.15, 0.2) is 45.6 Å². The zero-order valence-electron chi connectivity index (χ0n) is 16.0. The molecule has 0 spiro atoms. The van der Waals surface area contributed by atoms with Crippen molar-refractivity contribution in [2.45, 2.75) is 18.8 Å². The number of hydrogen-bond donors (Lipinski definition) is 2. The van der Waals surface area contributed by atoms with E-state index in [1.54, 1.807) is 19.2 Å². The van der Waals surface area contributed by atoms with Gasteiger partial charge in [0.2, 0.25) is 5.91 Å². The fourth-order valence-corrected chi connectivity index (χ4v) is 4.12. The van der Waals surface area contributed by atoms with E-state index in [9.17, 15) is 9.59 Å². The Balaban J connectivity index is 1.33. The van der Waals surface area contributed by atoms with Gasteiger partial charge < -0.3 is 24.4 Å². The van der Waals surface area contributed by atoms with Crippen LogP contribution in [0, 0.1) is 0 Å². The number of benzene rings is 1. The molecule has 1 fully saturated rings. The van der Waals surface area contributed by atoms with Crippen LogP contribution in [0.25, 0.3) is 10.9 Å². The molecule has 0 radical (unpaired) electrons. The third-order valence-corrected chi connectivity index (χ3v) is 5.83. The maximum absolute atomic E-state index is 12.5. The topological polar surface area (TPSA) is 87.6 Å². The molecule has 0 saturated carbocycles. The van der Waals surface area contributed by atoms with Gasteiger partial charge in [0.1, 0.15) is 5.75 Å². The molecule has 8 heteroatoms. The van der Waals surface area contributed by atoms with E-state index >= 15 is 0 Å². The number of carbonyl (C=O) groups excluding carboxylic acids is 2. The molecule has 1 aliphatic rings. The number of H-pyrrole nitrogens is 1. The van der Waals surface area contributed by atoms with Gasteiger partial charge in [-0.15, -0.1) is 0 Å². The average molecular weight is 460 g/mol. The number of furan rings is 1. The van der Waals surface area contributed by atoms with Crippen molar-refractivity contribution in [1.82, 2.24) is 15.2 Å². The number of aromatic amines is 1. The highest BCUT2D eigenvalue weighted by Gasteiger charge is 2.26. The van der Waals surface area contributed by atoms with Gasteiger partial charge in [-0.25, -0.2) is 0 Å². The molecule has 2 N–H and O–H groups in total. The number of ether oxygens (including phenoxy) is 1. The first-order chi connectivity index (χ1) is 14.0. The number of fused-ring (bicyclic) bond motifs is 1. The van der Waals surface area contributed by atoms with Crippen LogP contribution in [0.1, 0.15) is 34.9 Å². The number of nitrogens with zero attached hydrogens (tertiary/aromatic N) is 1. The fourth-order valence-electron chi connectivity index (χ4n) is 3.82. The minimum absolute atomic E-state index is 0.0356. The molecule has 0 unspecified atom stereocenters. The number of hydrogen-bond acceptors (Lipinski definition) is 4. The number of amides is 2. The Morgan fingerprint density at radius 3 is 2.76 bits per heavy atom. The van der Waals surface area contributed by atoms with E-state index < -0.39 is 5.91 Å². The zero-order chi connectivity index (χ0) is 20.4. The lowest BCUT2D eigenvalue weighted by Crippen LogP contribution is -2.43. The lowest BCUT2D eigenvalue weighted by atomic mass is 9.89. The van der Waals surface area contributed by atoms with Crippen LogP contribution < -0.4 is 10.1 Å². The first-order valence-electron chi connectivity index (χ1n) is 9.51. The van der Waals surface area contributed by atoms with Crippen LogP contribution in [-0.4, -0.2) is 48.4 Å². The Labute approximate surface area is 176 Å². The standard InChI is InChI=1S/C21H22BrN3O4/c1-28-14-2-3-17-15(10-14)16(11-23-17)13-6-8-25(9-7-13)20(26)12-24-21(27)18-4-5-19(22)29-18/h2-5,10-11,13,23H,6-9,12H2,1H3,(H,24,27). The minimum Gasteiger partial charge on any atom is -0.497 e. The zero-order valence-corrected chi connectivity index (χ0v) is 17.6. The Kier molecular flexibility index (Phi) is 5.62. The first-order valence-corrected chi connectivity index (χ1v) is 10.3. The molecule has 0 bridgehead atoms. The number of methoxy groups -OCH3 is 1. The predicted molar refractivity (Wildman–Crippen MR) is 112 cm³/mol. The summed E-state index contributed by atoms with van der Waals surface area (Å²) in [5, 5.41) is 3.79. The maximum Gasteiger partial charge on any atom is 0.287 e. The van der Waals surface area contributed by atoms with Gasteiger partial charge in [-0.3, -0.25) is 9.59 Å². The molecule has 4 rings (SSSR count). The molecule has 1 aliphatic heterocycles. The lowest BCUT2D eigenvalue weighted by molar-refractivity contribution is -0.131. The quantitative estimate of drug-likeness (QED) is 0.609. The number of rotatable bonds is 5. The van der Waals surface area contributed by atoms with Gasteiger partial charge in [0, 0.05) is 30.2 Å². The Morgan fingerprint density at radius 1 is 1.28 bits per heavy atom. The smallest absolute Gasteiger partial charge is 0.287 e. The molecule has 0 aliphatic carbocycles. The average Bonchev–Trinajstić information content (AvgIpc) is 3.37. The van der Waals surface area contributed by atoms with Gasteiger partial charge in [0.05, 0.1) is 13.7 Å². The summed E-state index contributed by atoms with van der Waals surface area (Å²) < 4.78 is 11.0. The van der Waals surface area contributed by atoms with Crippen LogP contribution in [0.3, 0.4) is 0 Å². The second-order valence-corrected chi connectivity index (χ2v) is 7.88. The summed E-state index contributed by atoms with van der Waals surface area (Å²) in [5.41, 5.74) is 2.36. The van der Waals surface area contributed by atoms with E-state index in [-0.39, 0.29) is 18.2 Å². The number of nitrogens with one attached hydrogen (secondary N) is 2. The third kappa shape index (κ3) is 4.17. The third-order valence-electron chi connectivity index (χ3n) is 5.41. The van der Waals surface area contributed by atoms with Crippen molar-refractivity contribution in [3.63, 3.8) is 0 Å². The summed E-state index contributed by atoms with van der Waals surface area (Å²) in [7, 11) is 1.67. The van der Waals surface area contributed by atoms with E-state index in [4.69, 9.17) is 9.15 Å². The van der Waals surface area contributed by atoms with E-state index in [0.717, 1.165) is 24.1 Å². The number of carbonyl (C=O) groups is 2. The van der Waals surface area contributed by atoms with Crippen LogP contribution >= 0.6 is 15.9 Å². The predicted octanol–water partition coefficient (Wildman–Crippen LogP) is 3.67. The van der Waals surface area contributed by atoms with Crippen molar-refractivity contribution in [2.24, 2.45) is 0 Å². The van der Waals surface area contributed by atoms with Crippen molar-refractivity contribution in [3.05, 3.63) is 52.5 Å². The van der Waals surface area contributed by atoms with E-state index in [2.05, 4.69) is 38.5 Å². The summed E-state index contributed by atoms with van der Waals surface area (Å²) in [6, 6.07) is 9.23. The van der Waals surface area contributed by atoms with E-state index in [0.29, 0.717) is 23.7 Å². The van der Waals surface area contributed by atoms with Crippen molar-refractivity contribution in [2.75, 3.05) is 26.7 Å². The largest absolute Gasteiger partial charge is 0.497 e. The molecule has 29 heavy (non-hydrogen) atoms. The maximum atomic E-state index is 12.5.